The molecule has 1 heterocycles. The molecule has 3 unspecified atom stereocenters. The van der Waals surface area contributed by atoms with Crippen molar-refractivity contribution in [1.82, 2.24) is 5.01 Å². The van der Waals surface area contributed by atoms with Gasteiger partial charge in [0.15, 0.2) is 0 Å². The molecule has 4 rings (SSSR count). The van der Waals surface area contributed by atoms with E-state index in [2.05, 4.69) is 64.1 Å². The third-order valence-corrected chi connectivity index (χ3v) is 8.86. The van der Waals surface area contributed by atoms with Crippen LogP contribution in [-0.2, 0) is 0 Å². The first-order valence-corrected chi connectivity index (χ1v) is 12.2. The van der Waals surface area contributed by atoms with Crippen LogP contribution in [-0.4, -0.2) is 28.2 Å². The standard InChI is InChI=1S/C27H36N4O3/c1-17-7-9-19(26(17,3)4)13-14-28-30-24(15-20-10-8-18(2)27(20,5)6)29-23-16-21(31(33)34)11-12-22(23)25(30)32/h7-8,11-12,14,16,19-20,24,29H,9-10,13,15H2,1-6H3/b28-14+. The molecule has 0 aromatic heterocycles. The van der Waals surface area contributed by atoms with Gasteiger partial charge in [-0.3, -0.25) is 14.9 Å². The highest BCUT2D eigenvalue weighted by Gasteiger charge is 2.41. The summed E-state index contributed by atoms with van der Waals surface area (Å²) in [6, 6.07) is 4.36. The molecule has 7 heteroatoms. The van der Waals surface area contributed by atoms with E-state index in [0.717, 1.165) is 19.3 Å². The van der Waals surface area contributed by atoms with Gasteiger partial charge >= 0.3 is 0 Å². The van der Waals surface area contributed by atoms with E-state index in [0.29, 0.717) is 29.5 Å². The Hall–Kier alpha value is -2.96. The molecule has 3 aliphatic rings. The zero-order valence-electron chi connectivity index (χ0n) is 21.1. The van der Waals surface area contributed by atoms with Crippen LogP contribution in [0.3, 0.4) is 0 Å². The molecule has 0 saturated heterocycles. The lowest BCUT2D eigenvalue weighted by Crippen LogP contribution is -2.47. The average Bonchev–Trinajstić information content (AvgIpc) is 3.18. The van der Waals surface area contributed by atoms with E-state index < -0.39 is 4.92 Å². The van der Waals surface area contributed by atoms with Gasteiger partial charge in [-0.15, -0.1) is 0 Å². The van der Waals surface area contributed by atoms with E-state index in [1.165, 1.54) is 29.3 Å². The third-order valence-electron chi connectivity index (χ3n) is 8.86. The maximum absolute atomic E-state index is 13.5. The van der Waals surface area contributed by atoms with Gasteiger partial charge in [-0.25, -0.2) is 5.01 Å². The summed E-state index contributed by atoms with van der Waals surface area (Å²) >= 11 is 0. The minimum absolute atomic E-state index is 0.0279. The Balaban J connectivity index is 1.60. The minimum atomic E-state index is -0.432. The molecule has 182 valence electrons. The van der Waals surface area contributed by atoms with Gasteiger partial charge in [-0.05, 0) is 68.3 Å². The fourth-order valence-electron chi connectivity index (χ4n) is 5.46. The Morgan fingerprint density at radius 2 is 1.74 bits per heavy atom. The van der Waals surface area contributed by atoms with Crippen LogP contribution in [0.1, 0.15) is 77.6 Å². The first kappa shape index (κ1) is 24.2. The van der Waals surface area contributed by atoms with Crippen molar-refractivity contribution in [3.63, 3.8) is 0 Å². The lowest BCUT2D eigenvalue weighted by Gasteiger charge is -2.39. The van der Waals surface area contributed by atoms with E-state index >= 15 is 0 Å². The number of hydrogen-bond donors (Lipinski definition) is 1. The van der Waals surface area contributed by atoms with Crippen LogP contribution >= 0.6 is 0 Å². The highest BCUT2D eigenvalue weighted by Crippen LogP contribution is 2.47. The first-order chi connectivity index (χ1) is 15.9. The first-order valence-electron chi connectivity index (χ1n) is 12.2. The van der Waals surface area contributed by atoms with Gasteiger partial charge in [0, 0.05) is 18.3 Å². The number of hydrazone groups is 1. The number of allylic oxidation sites excluding steroid dienone is 4. The van der Waals surface area contributed by atoms with E-state index in [9.17, 15) is 14.9 Å². The maximum atomic E-state index is 13.5. The second-order valence-electron chi connectivity index (χ2n) is 11.1. The maximum Gasteiger partial charge on any atom is 0.278 e. The van der Waals surface area contributed by atoms with Crippen molar-refractivity contribution in [2.75, 3.05) is 5.32 Å². The molecule has 2 aliphatic carbocycles. The van der Waals surface area contributed by atoms with E-state index in [-0.39, 0.29) is 28.6 Å². The highest BCUT2D eigenvalue weighted by molar-refractivity contribution is 6.02. The number of rotatable bonds is 6. The Labute approximate surface area is 202 Å². The molecule has 1 aromatic carbocycles. The normalized spacial score (nSPS) is 27.4. The molecular formula is C27H36N4O3. The van der Waals surface area contributed by atoms with Crippen LogP contribution in [0, 0.1) is 32.8 Å². The summed E-state index contributed by atoms with van der Waals surface area (Å²) < 4.78 is 0. The topological polar surface area (TPSA) is 87.8 Å². The lowest BCUT2D eigenvalue weighted by atomic mass is 9.75. The van der Waals surface area contributed by atoms with Crippen LogP contribution in [0.25, 0.3) is 0 Å². The van der Waals surface area contributed by atoms with Gasteiger partial charge in [-0.2, -0.15) is 5.10 Å². The number of hydrogen-bond acceptors (Lipinski definition) is 5. The fraction of sp³-hybridized carbons (Fsp3) is 0.556. The summed E-state index contributed by atoms with van der Waals surface area (Å²) in [5.74, 6) is 0.583. The third kappa shape index (κ3) is 4.17. The van der Waals surface area contributed by atoms with Crippen LogP contribution in [0.2, 0.25) is 0 Å². The fourth-order valence-corrected chi connectivity index (χ4v) is 5.46. The number of benzene rings is 1. The van der Waals surface area contributed by atoms with Crippen molar-refractivity contribution in [2.24, 2.45) is 27.8 Å². The number of non-ortho nitro benzene ring substituents is 1. The Kier molecular flexibility index (Phi) is 6.17. The summed E-state index contributed by atoms with van der Waals surface area (Å²) in [4.78, 5) is 24.4. The molecule has 1 aliphatic heterocycles. The van der Waals surface area contributed by atoms with Crippen molar-refractivity contribution >= 4 is 23.5 Å². The lowest BCUT2D eigenvalue weighted by molar-refractivity contribution is -0.384. The highest BCUT2D eigenvalue weighted by atomic mass is 16.6. The van der Waals surface area contributed by atoms with Gasteiger partial charge in [0.2, 0.25) is 0 Å². The van der Waals surface area contributed by atoms with Gasteiger partial charge in [0.1, 0.15) is 6.17 Å². The van der Waals surface area contributed by atoms with E-state index in [4.69, 9.17) is 0 Å². The molecule has 0 fully saturated rings. The van der Waals surface area contributed by atoms with Crippen LogP contribution in [0.4, 0.5) is 11.4 Å². The summed E-state index contributed by atoms with van der Waals surface area (Å²) in [5.41, 5.74) is 3.81. The van der Waals surface area contributed by atoms with Gasteiger partial charge in [-0.1, -0.05) is 51.0 Å². The molecule has 7 nitrogen and oxygen atoms in total. The summed E-state index contributed by atoms with van der Waals surface area (Å²) in [6.45, 7) is 13.4. The number of carbonyl (C=O) groups is 1. The second kappa shape index (κ2) is 8.67. The van der Waals surface area contributed by atoms with E-state index in [1.807, 2.05) is 6.21 Å². The number of anilines is 1. The minimum Gasteiger partial charge on any atom is -0.363 e. The molecule has 1 aromatic rings. The Morgan fingerprint density at radius 1 is 1.12 bits per heavy atom. The molecule has 1 amide bonds. The van der Waals surface area contributed by atoms with Crippen molar-refractivity contribution in [2.45, 2.75) is 73.4 Å². The zero-order valence-corrected chi connectivity index (χ0v) is 21.1. The largest absolute Gasteiger partial charge is 0.363 e. The van der Waals surface area contributed by atoms with Crippen molar-refractivity contribution < 1.29 is 9.72 Å². The van der Waals surface area contributed by atoms with Gasteiger partial charge in [0.25, 0.3) is 11.6 Å². The number of nitro groups is 1. The molecule has 0 bridgehead atoms. The molecule has 0 spiro atoms. The zero-order chi connectivity index (χ0) is 24.8. The molecular weight excluding hydrogens is 428 g/mol. The number of nitrogens with zero attached hydrogens (tertiary/aromatic N) is 3. The predicted molar refractivity (Wildman–Crippen MR) is 136 cm³/mol. The van der Waals surface area contributed by atoms with Gasteiger partial charge in [0.05, 0.1) is 16.2 Å². The van der Waals surface area contributed by atoms with Crippen LogP contribution in [0.5, 0.6) is 0 Å². The summed E-state index contributed by atoms with van der Waals surface area (Å²) in [7, 11) is 0. The Bertz CT molecular complexity index is 1100. The number of nitrogens with one attached hydrogen (secondary N) is 1. The van der Waals surface area contributed by atoms with E-state index in [1.54, 1.807) is 5.01 Å². The molecule has 3 atom stereocenters. The average molecular weight is 465 g/mol. The summed E-state index contributed by atoms with van der Waals surface area (Å²) in [6.07, 6.45) is 9.57. The van der Waals surface area contributed by atoms with Crippen molar-refractivity contribution in [1.29, 1.82) is 0 Å². The number of fused-ring (bicyclic) bond motifs is 1. The van der Waals surface area contributed by atoms with Crippen LogP contribution in [0.15, 0.2) is 46.6 Å². The summed E-state index contributed by atoms with van der Waals surface area (Å²) in [5, 5.41) is 21.0. The monoisotopic (exact) mass is 464 g/mol. The predicted octanol–water partition coefficient (Wildman–Crippen LogP) is 6.54. The van der Waals surface area contributed by atoms with Crippen molar-refractivity contribution in [3.05, 3.63) is 57.2 Å². The molecule has 0 saturated carbocycles. The smallest absolute Gasteiger partial charge is 0.278 e. The van der Waals surface area contributed by atoms with Crippen LogP contribution < -0.4 is 5.32 Å². The number of amides is 1. The molecule has 34 heavy (non-hydrogen) atoms. The molecule has 0 radical (unpaired) electrons. The number of nitro benzene ring substituents is 1. The van der Waals surface area contributed by atoms with Gasteiger partial charge < -0.3 is 5.32 Å². The quantitative estimate of drug-likeness (QED) is 0.224. The van der Waals surface area contributed by atoms with Crippen molar-refractivity contribution in [3.8, 4) is 0 Å². The number of carbonyl (C=O) groups excluding carboxylic acids is 1. The SMILES string of the molecule is CC1=CCC(C/C=N/N2C(=O)c3ccc([N+](=O)[O-])cc3NC2CC2CC=C(C)C2(C)C)C1(C)C. The molecule has 1 N–H and O–H groups in total. The second-order valence-corrected chi connectivity index (χ2v) is 11.1. The Morgan fingerprint density at radius 3 is 2.29 bits per heavy atom.